The van der Waals surface area contributed by atoms with Gasteiger partial charge in [-0.25, -0.2) is 9.29 Å². The molecule has 0 spiro atoms. The number of anilines is 1. The number of hydrogen-bond donors (Lipinski definition) is 0. The van der Waals surface area contributed by atoms with Crippen LogP contribution in [0.25, 0.3) is 0 Å². The third-order valence-corrected chi connectivity index (χ3v) is 4.34. The standard InChI is InChI=1S/C21H19FN2O4/c1-2-12-23(20(26)14-28-17-6-4-3-5-7-17)18-13-19(25)24(21(18)27)16-10-8-15(22)9-11-16/h2-11,18H,1,12-14H2. The van der Waals surface area contributed by atoms with Gasteiger partial charge in [-0.1, -0.05) is 24.3 Å². The van der Waals surface area contributed by atoms with E-state index in [9.17, 15) is 18.8 Å². The Morgan fingerprint density at radius 2 is 1.86 bits per heavy atom. The average molecular weight is 382 g/mol. The van der Waals surface area contributed by atoms with E-state index in [2.05, 4.69) is 6.58 Å². The van der Waals surface area contributed by atoms with Gasteiger partial charge in [0, 0.05) is 6.54 Å². The molecular formula is C21H19FN2O4. The van der Waals surface area contributed by atoms with E-state index in [1.54, 1.807) is 24.3 Å². The number of benzene rings is 2. The molecule has 6 nitrogen and oxygen atoms in total. The van der Waals surface area contributed by atoms with Crippen molar-refractivity contribution < 1.29 is 23.5 Å². The van der Waals surface area contributed by atoms with Crippen molar-refractivity contribution in [1.82, 2.24) is 4.90 Å². The summed E-state index contributed by atoms with van der Waals surface area (Å²) in [5, 5.41) is 0. The van der Waals surface area contributed by atoms with Gasteiger partial charge < -0.3 is 9.64 Å². The molecule has 0 N–H and O–H groups in total. The van der Waals surface area contributed by atoms with Gasteiger partial charge in [0.15, 0.2) is 6.61 Å². The van der Waals surface area contributed by atoms with Crippen molar-refractivity contribution in [3.63, 3.8) is 0 Å². The molecule has 144 valence electrons. The summed E-state index contributed by atoms with van der Waals surface area (Å²) in [7, 11) is 0. The van der Waals surface area contributed by atoms with Crippen LogP contribution in [-0.2, 0) is 14.4 Å². The highest BCUT2D eigenvalue weighted by molar-refractivity contribution is 6.23. The summed E-state index contributed by atoms with van der Waals surface area (Å²) in [6, 6.07) is 12.9. The summed E-state index contributed by atoms with van der Waals surface area (Å²) in [6.07, 6.45) is 1.33. The quantitative estimate of drug-likeness (QED) is 0.545. The van der Waals surface area contributed by atoms with E-state index in [0.29, 0.717) is 5.75 Å². The Labute approximate surface area is 161 Å². The lowest BCUT2D eigenvalue weighted by Crippen LogP contribution is -2.47. The van der Waals surface area contributed by atoms with Gasteiger partial charge in [0.05, 0.1) is 12.1 Å². The number of imide groups is 1. The molecule has 0 radical (unpaired) electrons. The number of carbonyl (C=O) groups excluding carboxylic acids is 3. The summed E-state index contributed by atoms with van der Waals surface area (Å²) in [5.74, 6) is -1.37. The third kappa shape index (κ3) is 4.09. The molecule has 1 aliphatic rings. The molecule has 3 amide bonds. The van der Waals surface area contributed by atoms with Crippen LogP contribution in [0.2, 0.25) is 0 Å². The topological polar surface area (TPSA) is 66.9 Å². The van der Waals surface area contributed by atoms with E-state index in [-0.39, 0.29) is 25.3 Å². The van der Waals surface area contributed by atoms with Crippen molar-refractivity contribution in [1.29, 1.82) is 0 Å². The molecule has 7 heteroatoms. The number of nitrogens with zero attached hydrogens (tertiary/aromatic N) is 2. The van der Waals surface area contributed by atoms with Crippen LogP contribution in [0.15, 0.2) is 67.3 Å². The van der Waals surface area contributed by atoms with E-state index >= 15 is 0 Å². The molecule has 2 aromatic carbocycles. The maximum Gasteiger partial charge on any atom is 0.261 e. The van der Waals surface area contributed by atoms with Crippen molar-refractivity contribution in [3.8, 4) is 5.75 Å². The predicted octanol–water partition coefficient (Wildman–Crippen LogP) is 2.55. The summed E-state index contributed by atoms with van der Waals surface area (Å²) in [4.78, 5) is 40.2. The lowest BCUT2D eigenvalue weighted by Gasteiger charge is -2.26. The van der Waals surface area contributed by atoms with Gasteiger partial charge in [-0.2, -0.15) is 0 Å². The van der Waals surface area contributed by atoms with Gasteiger partial charge in [-0.05, 0) is 36.4 Å². The molecule has 1 aliphatic heterocycles. The molecule has 1 fully saturated rings. The minimum Gasteiger partial charge on any atom is -0.484 e. The second-order valence-corrected chi connectivity index (χ2v) is 6.20. The van der Waals surface area contributed by atoms with Crippen molar-refractivity contribution in [2.45, 2.75) is 12.5 Å². The molecule has 0 aliphatic carbocycles. The second-order valence-electron chi connectivity index (χ2n) is 6.20. The first kappa shape index (κ1) is 19.3. The van der Waals surface area contributed by atoms with Crippen molar-refractivity contribution in [3.05, 3.63) is 73.1 Å². The van der Waals surface area contributed by atoms with Gasteiger partial charge in [-0.15, -0.1) is 6.58 Å². The van der Waals surface area contributed by atoms with Crippen LogP contribution in [0.5, 0.6) is 5.75 Å². The number of carbonyl (C=O) groups is 3. The number of para-hydroxylation sites is 1. The summed E-state index contributed by atoms with van der Waals surface area (Å²) in [6.45, 7) is 3.44. The van der Waals surface area contributed by atoms with Crippen molar-refractivity contribution >= 4 is 23.4 Å². The number of halogens is 1. The van der Waals surface area contributed by atoms with Crippen molar-refractivity contribution in [2.24, 2.45) is 0 Å². The molecule has 0 aromatic heterocycles. The highest BCUT2D eigenvalue weighted by atomic mass is 19.1. The molecule has 28 heavy (non-hydrogen) atoms. The smallest absolute Gasteiger partial charge is 0.261 e. The predicted molar refractivity (Wildman–Crippen MR) is 101 cm³/mol. The molecule has 3 rings (SSSR count). The lowest BCUT2D eigenvalue weighted by atomic mass is 10.2. The van der Waals surface area contributed by atoms with Gasteiger partial charge in [0.1, 0.15) is 17.6 Å². The first-order chi connectivity index (χ1) is 13.5. The molecule has 1 atom stereocenters. The van der Waals surface area contributed by atoms with E-state index < -0.39 is 29.6 Å². The first-order valence-electron chi connectivity index (χ1n) is 8.72. The maximum absolute atomic E-state index is 13.1. The average Bonchev–Trinajstić information content (AvgIpc) is 2.99. The Morgan fingerprint density at radius 3 is 2.50 bits per heavy atom. The van der Waals surface area contributed by atoms with E-state index in [1.165, 1.54) is 35.2 Å². The van der Waals surface area contributed by atoms with Crippen LogP contribution in [-0.4, -0.2) is 41.8 Å². The van der Waals surface area contributed by atoms with Crippen LogP contribution in [0.1, 0.15) is 6.42 Å². The Bertz CT molecular complexity index is 883. The van der Waals surface area contributed by atoms with Crippen LogP contribution in [0.3, 0.4) is 0 Å². The minimum atomic E-state index is -0.956. The van der Waals surface area contributed by atoms with Gasteiger partial charge >= 0.3 is 0 Å². The number of hydrogen-bond acceptors (Lipinski definition) is 4. The Morgan fingerprint density at radius 1 is 1.18 bits per heavy atom. The van der Waals surface area contributed by atoms with Crippen LogP contribution >= 0.6 is 0 Å². The number of rotatable bonds is 7. The zero-order valence-corrected chi connectivity index (χ0v) is 15.1. The minimum absolute atomic E-state index is 0.0952. The van der Waals surface area contributed by atoms with Gasteiger partial charge in [0.25, 0.3) is 11.8 Å². The molecule has 1 unspecified atom stereocenters. The van der Waals surface area contributed by atoms with E-state index in [1.807, 2.05) is 6.07 Å². The fourth-order valence-electron chi connectivity index (χ4n) is 3.01. The monoisotopic (exact) mass is 382 g/mol. The van der Waals surface area contributed by atoms with Crippen LogP contribution in [0, 0.1) is 5.82 Å². The third-order valence-electron chi connectivity index (χ3n) is 4.34. The van der Waals surface area contributed by atoms with Gasteiger partial charge in [0.2, 0.25) is 5.91 Å². The summed E-state index contributed by atoms with van der Waals surface area (Å²) < 4.78 is 18.6. The summed E-state index contributed by atoms with van der Waals surface area (Å²) >= 11 is 0. The van der Waals surface area contributed by atoms with E-state index in [0.717, 1.165) is 4.90 Å². The fourth-order valence-corrected chi connectivity index (χ4v) is 3.01. The second kappa shape index (κ2) is 8.47. The fraction of sp³-hybridized carbons (Fsp3) is 0.190. The van der Waals surface area contributed by atoms with Crippen LogP contribution < -0.4 is 9.64 Å². The van der Waals surface area contributed by atoms with Crippen LogP contribution in [0.4, 0.5) is 10.1 Å². The maximum atomic E-state index is 13.1. The zero-order valence-electron chi connectivity index (χ0n) is 15.1. The zero-order chi connectivity index (χ0) is 20.1. The SMILES string of the molecule is C=CCN(C(=O)COc1ccccc1)C1CC(=O)N(c2ccc(F)cc2)C1=O. The number of amides is 3. The van der Waals surface area contributed by atoms with Gasteiger partial charge in [-0.3, -0.25) is 14.4 Å². The Hall–Kier alpha value is -3.48. The highest BCUT2D eigenvalue weighted by Crippen LogP contribution is 2.26. The van der Waals surface area contributed by atoms with Crippen molar-refractivity contribution in [2.75, 3.05) is 18.1 Å². The molecule has 2 aromatic rings. The lowest BCUT2D eigenvalue weighted by molar-refractivity contribution is -0.139. The number of ether oxygens (including phenoxy) is 1. The molecule has 0 bridgehead atoms. The largest absolute Gasteiger partial charge is 0.484 e. The highest BCUT2D eigenvalue weighted by Gasteiger charge is 2.44. The van der Waals surface area contributed by atoms with E-state index in [4.69, 9.17) is 4.74 Å². The molecule has 1 saturated heterocycles. The molecule has 0 saturated carbocycles. The Balaban J connectivity index is 1.75. The summed E-state index contributed by atoms with van der Waals surface area (Å²) in [5.41, 5.74) is 0.269. The first-order valence-corrected chi connectivity index (χ1v) is 8.72. The molecule has 1 heterocycles. The molecular weight excluding hydrogens is 363 g/mol. The Kier molecular flexibility index (Phi) is 5.84. The normalized spacial score (nSPS) is 16.2.